The van der Waals surface area contributed by atoms with Crippen molar-refractivity contribution in [1.82, 2.24) is 10.3 Å². The standard InChI is InChI=1S/C20H15BrFN3O2/c21-18-11-15(22)4-5-17(18)20(27)24-12-13-2-1-3-16(10-13)25-19(26)14-6-8-23-9-7-14/h1-11H,12H2,(H,24,27)(H,25,26). The summed E-state index contributed by atoms with van der Waals surface area (Å²) in [4.78, 5) is 28.3. The summed E-state index contributed by atoms with van der Waals surface area (Å²) >= 11 is 3.18. The fourth-order valence-electron chi connectivity index (χ4n) is 2.42. The molecule has 1 aromatic heterocycles. The first-order valence-corrected chi connectivity index (χ1v) is 8.86. The maximum atomic E-state index is 13.1. The highest BCUT2D eigenvalue weighted by Crippen LogP contribution is 2.18. The van der Waals surface area contributed by atoms with Crippen LogP contribution in [-0.2, 0) is 6.54 Å². The van der Waals surface area contributed by atoms with Crippen LogP contribution in [-0.4, -0.2) is 16.8 Å². The first kappa shape index (κ1) is 18.7. The van der Waals surface area contributed by atoms with Crippen molar-refractivity contribution in [2.75, 3.05) is 5.32 Å². The molecule has 5 nitrogen and oxygen atoms in total. The van der Waals surface area contributed by atoms with E-state index in [1.165, 1.54) is 18.2 Å². The van der Waals surface area contributed by atoms with Crippen LogP contribution in [0.15, 0.2) is 71.5 Å². The van der Waals surface area contributed by atoms with Gasteiger partial charge >= 0.3 is 0 Å². The third-order valence-corrected chi connectivity index (χ3v) is 4.41. The number of anilines is 1. The fourth-order valence-corrected chi connectivity index (χ4v) is 2.95. The number of pyridine rings is 1. The van der Waals surface area contributed by atoms with E-state index in [1.54, 1.807) is 42.7 Å². The van der Waals surface area contributed by atoms with E-state index in [0.29, 0.717) is 21.3 Å². The van der Waals surface area contributed by atoms with Gasteiger partial charge in [0, 0.05) is 34.7 Å². The predicted octanol–water partition coefficient (Wildman–Crippen LogP) is 4.17. The third kappa shape index (κ3) is 4.98. The van der Waals surface area contributed by atoms with Crippen LogP contribution < -0.4 is 10.6 Å². The molecule has 0 unspecified atom stereocenters. The van der Waals surface area contributed by atoms with Gasteiger partial charge in [-0.15, -0.1) is 0 Å². The van der Waals surface area contributed by atoms with E-state index in [4.69, 9.17) is 0 Å². The van der Waals surface area contributed by atoms with Crippen LogP contribution in [0.2, 0.25) is 0 Å². The summed E-state index contributed by atoms with van der Waals surface area (Å²) in [6.07, 6.45) is 3.10. The number of amides is 2. The van der Waals surface area contributed by atoms with Crippen molar-refractivity contribution in [3.8, 4) is 0 Å². The van der Waals surface area contributed by atoms with Crippen LogP contribution in [0.4, 0.5) is 10.1 Å². The summed E-state index contributed by atoms with van der Waals surface area (Å²) in [7, 11) is 0. The quantitative estimate of drug-likeness (QED) is 0.641. The monoisotopic (exact) mass is 427 g/mol. The molecule has 0 saturated heterocycles. The molecule has 0 fully saturated rings. The summed E-state index contributed by atoms with van der Waals surface area (Å²) in [5.41, 5.74) is 2.28. The Morgan fingerprint density at radius 2 is 1.78 bits per heavy atom. The first-order chi connectivity index (χ1) is 13.0. The zero-order valence-corrected chi connectivity index (χ0v) is 15.7. The summed E-state index contributed by atoms with van der Waals surface area (Å²) in [6.45, 7) is 0.265. The minimum absolute atomic E-state index is 0.242. The Morgan fingerprint density at radius 1 is 1.00 bits per heavy atom. The van der Waals surface area contributed by atoms with Gasteiger partial charge in [0.15, 0.2) is 0 Å². The molecular formula is C20H15BrFN3O2. The second kappa shape index (κ2) is 8.55. The predicted molar refractivity (Wildman–Crippen MR) is 104 cm³/mol. The minimum atomic E-state index is -0.420. The highest BCUT2D eigenvalue weighted by atomic mass is 79.9. The Morgan fingerprint density at radius 3 is 2.52 bits per heavy atom. The number of hydrogen-bond acceptors (Lipinski definition) is 3. The van der Waals surface area contributed by atoms with E-state index in [-0.39, 0.29) is 18.4 Å². The van der Waals surface area contributed by atoms with Gasteiger partial charge in [-0.3, -0.25) is 14.6 Å². The molecule has 1 heterocycles. The molecule has 7 heteroatoms. The van der Waals surface area contributed by atoms with Gasteiger partial charge in [0.2, 0.25) is 0 Å². The van der Waals surface area contributed by atoms with E-state index >= 15 is 0 Å². The number of carbonyl (C=O) groups is 2. The van der Waals surface area contributed by atoms with Gasteiger partial charge in [0.05, 0.1) is 5.56 Å². The molecule has 27 heavy (non-hydrogen) atoms. The van der Waals surface area contributed by atoms with E-state index in [0.717, 1.165) is 5.56 Å². The van der Waals surface area contributed by atoms with Crippen LogP contribution in [0, 0.1) is 5.82 Å². The molecule has 3 rings (SSSR count). The number of nitrogens with zero attached hydrogens (tertiary/aromatic N) is 1. The average molecular weight is 428 g/mol. The lowest BCUT2D eigenvalue weighted by atomic mass is 10.1. The summed E-state index contributed by atoms with van der Waals surface area (Å²) in [6, 6.07) is 14.3. The largest absolute Gasteiger partial charge is 0.348 e. The number of rotatable bonds is 5. The van der Waals surface area contributed by atoms with Gasteiger partial charge in [-0.25, -0.2) is 4.39 Å². The third-order valence-electron chi connectivity index (χ3n) is 3.76. The van der Waals surface area contributed by atoms with E-state index in [1.807, 2.05) is 6.07 Å². The molecule has 0 bridgehead atoms. The molecule has 2 amide bonds. The molecule has 0 saturated carbocycles. The van der Waals surface area contributed by atoms with Crippen LogP contribution in [0.1, 0.15) is 26.3 Å². The summed E-state index contributed by atoms with van der Waals surface area (Å²) in [5.74, 6) is -0.988. The number of hydrogen-bond donors (Lipinski definition) is 2. The highest BCUT2D eigenvalue weighted by molar-refractivity contribution is 9.10. The van der Waals surface area contributed by atoms with Crippen molar-refractivity contribution in [3.63, 3.8) is 0 Å². The van der Waals surface area contributed by atoms with Crippen molar-refractivity contribution in [2.24, 2.45) is 0 Å². The summed E-state index contributed by atoms with van der Waals surface area (Å²) < 4.78 is 13.5. The SMILES string of the molecule is O=C(Nc1cccc(CNC(=O)c2ccc(F)cc2Br)c1)c1ccncc1. The second-order valence-electron chi connectivity index (χ2n) is 5.70. The van der Waals surface area contributed by atoms with Crippen LogP contribution in [0.3, 0.4) is 0 Å². The van der Waals surface area contributed by atoms with Crippen molar-refractivity contribution in [2.45, 2.75) is 6.54 Å². The maximum Gasteiger partial charge on any atom is 0.255 e. The van der Waals surface area contributed by atoms with Crippen LogP contribution in [0.25, 0.3) is 0 Å². The van der Waals surface area contributed by atoms with Gasteiger partial charge < -0.3 is 10.6 Å². The lowest BCUT2D eigenvalue weighted by Gasteiger charge is -2.10. The molecule has 0 aliphatic rings. The molecule has 0 aliphatic heterocycles. The Hall–Kier alpha value is -3.06. The van der Waals surface area contributed by atoms with E-state index in [9.17, 15) is 14.0 Å². The number of aromatic nitrogens is 1. The topological polar surface area (TPSA) is 71.1 Å². The van der Waals surface area contributed by atoms with Crippen molar-refractivity contribution in [3.05, 3.63) is 94.0 Å². The zero-order valence-electron chi connectivity index (χ0n) is 14.1. The van der Waals surface area contributed by atoms with Crippen LogP contribution in [0.5, 0.6) is 0 Å². The van der Waals surface area contributed by atoms with Gasteiger partial charge in [0.25, 0.3) is 11.8 Å². The molecule has 0 radical (unpaired) electrons. The zero-order chi connectivity index (χ0) is 19.2. The normalized spacial score (nSPS) is 10.3. The number of carbonyl (C=O) groups excluding carboxylic acids is 2. The molecule has 0 spiro atoms. The van der Waals surface area contributed by atoms with E-state index in [2.05, 4.69) is 31.5 Å². The Bertz CT molecular complexity index is 980. The van der Waals surface area contributed by atoms with Crippen molar-refractivity contribution < 1.29 is 14.0 Å². The lowest BCUT2D eigenvalue weighted by molar-refractivity contribution is 0.0949. The van der Waals surface area contributed by atoms with Gasteiger partial charge in [0.1, 0.15) is 5.82 Å². The smallest absolute Gasteiger partial charge is 0.255 e. The molecular weight excluding hydrogens is 413 g/mol. The second-order valence-corrected chi connectivity index (χ2v) is 6.55. The van der Waals surface area contributed by atoms with Gasteiger partial charge in [-0.05, 0) is 64.0 Å². The van der Waals surface area contributed by atoms with Gasteiger partial charge in [-0.2, -0.15) is 0 Å². The van der Waals surface area contributed by atoms with E-state index < -0.39 is 5.82 Å². The maximum absolute atomic E-state index is 13.1. The van der Waals surface area contributed by atoms with Gasteiger partial charge in [-0.1, -0.05) is 12.1 Å². The molecule has 2 aromatic carbocycles. The lowest BCUT2D eigenvalue weighted by Crippen LogP contribution is -2.23. The molecule has 2 N–H and O–H groups in total. The first-order valence-electron chi connectivity index (χ1n) is 8.06. The highest BCUT2D eigenvalue weighted by Gasteiger charge is 2.11. The molecule has 0 aliphatic carbocycles. The molecule has 3 aromatic rings. The number of nitrogens with one attached hydrogen (secondary N) is 2. The fraction of sp³-hybridized carbons (Fsp3) is 0.0500. The Balaban J connectivity index is 1.64. The van der Waals surface area contributed by atoms with Crippen LogP contribution >= 0.6 is 15.9 Å². The Kier molecular flexibility index (Phi) is 5.93. The molecule has 0 atom stereocenters. The number of halogens is 2. The Labute approximate surface area is 163 Å². The minimum Gasteiger partial charge on any atom is -0.348 e. The summed E-state index contributed by atoms with van der Waals surface area (Å²) in [5, 5.41) is 5.58. The average Bonchev–Trinajstić information content (AvgIpc) is 2.67. The molecule has 136 valence electrons. The van der Waals surface area contributed by atoms with Crippen molar-refractivity contribution >= 4 is 33.4 Å². The van der Waals surface area contributed by atoms with Crippen molar-refractivity contribution in [1.29, 1.82) is 0 Å². The number of benzene rings is 2.